The Hall–Kier alpha value is -5.33. The van der Waals surface area contributed by atoms with Crippen molar-refractivity contribution in [2.45, 2.75) is 45.6 Å². The number of halogens is 1. The van der Waals surface area contributed by atoms with Gasteiger partial charge in [0.1, 0.15) is 23.0 Å². The average molecular weight is 683 g/mol. The van der Waals surface area contributed by atoms with Crippen molar-refractivity contribution < 1.29 is 31.9 Å². The smallest absolute Gasteiger partial charge is 0.429 e. The second kappa shape index (κ2) is 13.3. The maximum Gasteiger partial charge on any atom is 0.429 e. The Morgan fingerprint density at radius 3 is 2.14 bits per heavy atom. The summed E-state index contributed by atoms with van der Waals surface area (Å²) in [7, 11) is -3.37. The van der Waals surface area contributed by atoms with E-state index in [4.69, 9.17) is 9.47 Å². The summed E-state index contributed by atoms with van der Waals surface area (Å²) in [6, 6.07) is 27.9. The molecule has 0 spiro atoms. The molecule has 5 aromatic rings. The SMILES string of the molecule is CNS(=O)(=O)N(C(=O)OC(C)(C)C)c1c2c(c(OC(c3ccccc3)c3ccccc3)c3ncccc13)C(=O)N(Cc1ccc(F)cc1)C2. The lowest BCUT2D eigenvalue weighted by Gasteiger charge is -2.29. The van der Waals surface area contributed by atoms with Crippen molar-refractivity contribution in [2.75, 3.05) is 11.4 Å². The largest absolute Gasteiger partial charge is 0.478 e. The number of ether oxygens (including phenoxy) is 2. The maximum absolute atomic E-state index is 14.5. The number of fused-ring (bicyclic) bond motifs is 2. The van der Waals surface area contributed by atoms with Crippen LogP contribution in [-0.4, -0.2) is 43.0 Å². The number of pyridine rings is 1. The first-order valence-corrected chi connectivity index (χ1v) is 17.0. The molecule has 49 heavy (non-hydrogen) atoms. The Bertz CT molecular complexity index is 2080. The van der Waals surface area contributed by atoms with Crippen molar-refractivity contribution in [3.8, 4) is 5.75 Å². The van der Waals surface area contributed by atoms with Crippen LogP contribution in [0.15, 0.2) is 103 Å². The van der Waals surface area contributed by atoms with Crippen LogP contribution in [0.2, 0.25) is 0 Å². The highest BCUT2D eigenvalue weighted by molar-refractivity contribution is 7.91. The Morgan fingerprint density at radius 1 is 0.959 bits per heavy atom. The van der Waals surface area contributed by atoms with Gasteiger partial charge in [0.15, 0.2) is 5.75 Å². The molecule has 0 fully saturated rings. The molecule has 0 aliphatic carbocycles. The van der Waals surface area contributed by atoms with Crippen molar-refractivity contribution in [1.82, 2.24) is 14.6 Å². The number of hydrogen-bond acceptors (Lipinski definition) is 7. The van der Waals surface area contributed by atoms with E-state index >= 15 is 0 Å². The second-order valence-electron chi connectivity index (χ2n) is 12.5. The number of hydrogen-bond donors (Lipinski definition) is 1. The van der Waals surface area contributed by atoms with Crippen LogP contribution in [0.25, 0.3) is 10.9 Å². The summed E-state index contributed by atoms with van der Waals surface area (Å²) in [5, 5.41) is 0.247. The van der Waals surface area contributed by atoms with Crippen molar-refractivity contribution >= 4 is 38.8 Å². The number of amides is 2. The fourth-order valence-electron chi connectivity index (χ4n) is 5.81. The number of nitrogens with zero attached hydrogens (tertiary/aromatic N) is 3. The molecule has 2 heterocycles. The predicted molar refractivity (Wildman–Crippen MR) is 184 cm³/mol. The third kappa shape index (κ3) is 6.83. The molecular weight excluding hydrogens is 647 g/mol. The van der Waals surface area contributed by atoms with Crippen LogP contribution in [0.5, 0.6) is 5.75 Å². The molecule has 0 unspecified atom stereocenters. The third-order valence-electron chi connectivity index (χ3n) is 7.93. The van der Waals surface area contributed by atoms with Crippen molar-refractivity contribution in [1.29, 1.82) is 0 Å². The first-order valence-electron chi connectivity index (χ1n) is 15.6. The molecule has 0 radical (unpaired) electrons. The topological polar surface area (TPSA) is 118 Å². The molecule has 0 bridgehead atoms. The molecule has 2 amide bonds. The quantitative estimate of drug-likeness (QED) is 0.180. The first kappa shape index (κ1) is 33.6. The number of nitrogens with one attached hydrogen (secondary N) is 1. The van der Waals surface area contributed by atoms with E-state index in [0.29, 0.717) is 9.87 Å². The van der Waals surface area contributed by atoms with E-state index in [1.807, 2.05) is 60.7 Å². The Labute approximate surface area is 284 Å². The van der Waals surface area contributed by atoms with Crippen LogP contribution in [0.1, 0.15) is 59.5 Å². The van der Waals surface area contributed by atoms with Crippen molar-refractivity contribution in [3.05, 3.63) is 137 Å². The van der Waals surface area contributed by atoms with Crippen LogP contribution in [0.3, 0.4) is 0 Å². The van der Waals surface area contributed by atoms with E-state index in [-0.39, 0.29) is 46.6 Å². The number of carbonyl (C=O) groups excluding carboxylic acids is 2. The first-order chi connectivity index (χ1) is 23.4. The monoisotopic (exact) mass is 682 g/mol. The van der Waals surface area contributed by atoms with Crippen LogP contribution in [0, 0.1) is 5.82 Å². The predicted octanol–water partition coefficient (Wildman–Crippen LogP) is 6.90. The number of benzene rings is 4. The zero-order valence-electron chi connectivity index (χ0n) is 27.4. The number of aromatic nitrogens is 1. The van der Waals surface area contributed by atoms with Crippen molar-refractivity contribution in [3.63, 3.8) is 0 Å². The maximum atomic E-state index is 14.5. The molecule has 0 saturated carbocycles. The fraction of sp³-hybridized carbons (Fsp3) is 0.216. The van der Waals surface area contributed by atoms with Gasteiger partial charge in [-0.25, -0.2) is 13.9 Å². The number of anilines is 1. The van der Waals surface area contributed by atoms with Gasteiger partial charge in [-0.15, -0.1) is 0 Å². The van der Waals surface area contributed by atoms with Crippen LogP contribution in [0.4, 0.5) is 14.9 Å². The molecule has 1 aliphatic heterocycles. The van der Waals surface area contributed by atoms with E-state index in [1.54, 1.807) is 45.0 Å². The van der Waals surface area contributed by atoms with E-state index in [1.165, 1.54) is 30.3 Å². The second-order valence-corrected chi connectivity index (χ2v) is 14.2. The zero-order valence-corrected chi connectivity index (χ0v) is 28.2. The van der Waals surface area contributed by atoms with Crippen molar-refractivity contribution in [2.24, 2.45) is 0 Å². The molecule has 1 aliphatic rings. The van der Waals surface area contributed by atoms with Gasteiger partial charge in [0.2, 0.25) is 0 Å². The third-order valence-corrected chi connectivity index (χ3v) is 9.26. The highest BCUT2D eigenvalue weighted by atomic mass is 32.2. The lowest BCUT2D eigenvalue weighted by molar-refractivity contribution is 0.0608. The van der Waals surface area contributed by atoms with Gasteiger partial charge >= 0.3 is 16.3 Å². The highest BCUT2D eigenvalue weighted by Gasteiger charge is 2.43. The van der Waals surface area contributed by atoms with E-state index < -0.39 is 39.7 Å². The van der Waals surface area contributed by atoms with Gasteiger partial charge in [-0.1, -0.05) is 72.8 Å². The van der Waals surface area contributed by atoms with Crippen LogP contribution < -0.4 is 13.8 Å². The Balaban J connectivity index is 1.62. The van der Waals surface area contributed by atoms with E-state index in [2.05, 4.69) is 9.71 Å². The summed E-state index contributed by atoms with van der Waals surface area (Å²) in [4.78, 5) is 34.4. The summed E-state index contributed by atoms with van der Waals surface area (Å²) in [5.41, 5.74) is 1.57. The number of rotatable bonds is 9. The van der Waals surface area contributed by atoms with Gasteiger partial charge in [0.25, 0.3) is 5.91 Å². The zero-order chi connectivity index (χ0) is 34.9. The average Bonchev–Trinajstić information content (AvgIpc) is 3.40. The molecule has 0 atom stereocenters. The minimum Gasteiger partial charge on any atom is -0.478 e. The lowest BCUT2D eigenvalue weighted by Crippen LogP contribution is -2.46. The summed E-state index contributed by atoms with van der Waals surface area (Å²) >= 11 is 0. The highest BCUT2D eigenvalue weighted by Crippen LogP contribution is 2.47. The van der Waals surface area contributed by atoms with Gasteiger partial charge in [0, 0.05) is 37.3 Å². The molecule has 10 nitrogen and oxygen atoms in total. The van der Waals surface area contributed by atoms with E-state index in [0.717, 1.165) is 11.1 Å². The van der Waals surface area contributed by atoms with Gasteiger partial charge in [0.05, 0.1) is 11.3 Å². The Morgan fingerprint density at radius 2 is 1.57 bits per heavy atom. The molecule has 1 N–H and O–H groups in total. The number of carbonyl (C=O) groups is 2. The molecular formula is C37H35FN4O6S. The summed E-state index contributed by atoms with van der Waals surface area (Å²) in [6.07, 6.45) is -0.353. The summed E-state index contributed by atoms with van der Waals surface area (Å²) in [6.45, 7) is 4.84. The van der Waals surface area contributed by atoms with Gasteiger partial charge in [-0.3, -0.25) is 9.78 Å². The summed E-state index contributed by atoms with van der Waals surface area (Å²) in [5.74, 6) is -0.771. The molecule has 252 valence electrons. The normalized spacial score (nSPS) is 13.1. The van der Waals surface area contributed by atoms with Gasteiger partial charge < -0.3 is 14.4 Å². The molecule has 12 heteroatoms. The van der Waals surface area contributed by atoms with Crippen LogP contribution in [-0.2, 0) is 28.0 Å². The minimum atomic E-state index is -4.55. The lowest BCUT2D eigenvalue weighted by atomic mass is 9.99. The summed E-state index contributed by atoms with van der Waals surface area (Å²) < 4.78 is 56.4. The molecule has 6 rings (SSSR count). The van der Waals surface area contributed by atoms with Gasteiger partial charge in [-0.05, 0) is 61.7 Å². The molecule has 4 aromatic carbocycles. The van der Waals surface area contributed by atoms with Gasteiger partial charge in [-0.2, -0.15) is 12.7 Å². The molecule has 1 aromatic heterocycles. The fourth-order valence-corrected chi connectivity index (χ4v) is 6.67. The minimum absolute atomic E-state index is 0.0556. The van der Waals surface area contributed by atoms with Crippen LogP contribution >= 0.6 is 0 Å². The Kier molecular flexibility index (Phi) is 9.10. The standard InChI is InChI=1S/C37H35FN4O6S/c1-37(2,3)48-36(44)42(49(45,46)39-4)32-28-16-11-21-40-31(28)34(47-33(25-12-7-5-8-13-25)26-14-9-6-10-15-26)30-29(32)23-41(35(30)43)22-24-17-19-27(38)20-18-24/h5-21,33,39H,22-23H2,1-4H3. The molecule has 0 saturated heterocycles. The van der Waals surface area contributed by atoms with E-state index in [9.17, 15) is 22.4 Å².